The summed E-state index contributed by atoms with van der Waals surface area (Å²) in [6.45, 7) is 1.72. The maximum atomic E-state index is 12.4. The summed E-state index contributed by atoms with van der Waals surface area (Å²) in [5.41, 5.74) is -3.79. The molecule has 0 aliphatic rings. The van der Waals surface area contributed by atoms with Crippen LogP contribution in [0, 0.1) is 6.92 Å². The summed E-state index contributed by atoms with van der Waals surface area (Å²) >= 11 is -0.314. The molecule has 0 saturated carbocycles. The highest BCUT2D eigenvalue weighted by Crippen LogP contribution is 2.38. The fraction of sp³-hybridized carbons (Fsp3) is 0.167. The number of thioether (sulfide) groups is 1. The summed E-state index contributed by atoms with van der Waals surface area (Å²) in [6.07, 6.45) is 1.51. The molecule has 1 heterocycles. The molecular weight excluding hydrogens is 291 g/mol. The first kappa shape index (κ1) is 14.4. The fourth-order valence-electron chi connectivity index (χ4n) is 1.52. The Kier molecular flexibility index (Phi) is 4.03. The lowest BCUT2D eigenvalue weighted by Crippen LogP contribution is -2.15. The van der Waals surface area contributed by atoms with E-state index in [1.165, 1.54) is 30.5 Å². The van der Waals surface area contributed by atoms with Gasteiger partial charge < -0.3 is 5.32 Å². The molecule has 0 bridgehead atoms. The van der Waals surface area contributed by atoms with Gasteiger partial charge in [-0.15, -0.1) is 0 Å². The Bertz CT molecular complexity index is 624. The molecule has 1 amide bonds. The molecule has 0 unspecified atom stereocenters. The second-order valence-corrected chi connectivity index (χ2v) is 5.03. The van der Waals surface area contributed by atoms with Gasteiger partial charge in [0.1, 0.15) is 5.82 Å². The first-order valence-corrected chi connectivity index (χ1v) is 6.34. The number of halogens is 3. The van der Waals surface area contributed by atoms with Crippen molar-refractivity contribution in [3.05, 3.63) is 41.6 Å². The molecule has 0 atom stereocenters. The average molecular weight is 301 g/mol. The van der Waals surface area contributed by atoms with E-state index in [-0.39, 0.29) is 22.2 Å². The molecule has 0 aliphatic heterocycles. The minimum atomic E-state index is -4.44. The predicted octanol–water partition coefficient (Wildman–Crippen LogP) is 3.58. The SMILES string of the molecule is Cc1cn[nH]c1NC(=O)c1ccccc1SC(F)(F)F. The fourth-order valence-corrected chi connectivity index (χ4v) is 2.19. The monoisotopic (exact) mass is 301 g/mol. The normalized spacial score (nSPS) is 11.4. The van der Waals surface area contributed by atoms with Crippen molar-refractivity contribution in [2.75, 3.05) is 5.32 Å². The number of anilines is 1. The van der Waals surface area contributed by atoms with Gasteiger partial charge in [0.25, 0.3) is 5.91 Å². The number of aromatic nitrogens is 2. The lowest BCUT2D eigenvalue weighted by molar-refractivity contribution is -0.0328. The van der Waals surface area contributed by atoms with Crippen LogP contribution in [0.5, 0.6) is 0 Å². The maximum absolute atomic E-state index is 12.4. The second kappa shape index (κ2) is 5.58. The van der Waals surface area contributed by atoms with Gasteiger partial charge in [-0.05, 0) is 30.8 Å². The molecule has 0 radical (unpaired) electrons. The van der Waals surface area contributed by atoms with E-state index in [1.54, 1.807) is 6.92 Å². The second-order valence-electron chi connectivity index (χ2n) is 3.93. The number of aryl methyl sites for hydroxylation is 1. The van der Waals surface area contributed by atoms with Gasteiger partial charge in [0.15, 0.2) is 0 Å². The van der Waals surface area contributed by atoms with Crippen molar-refractivity contribution in [3.8, 4) is 0 Å². The van der Waals surface area contributed by atoms with Crippen LogP contribution in [0.1, 0.15) is 15.9 Å². The third-order valence-corrected chi connectivity index (χ3v) is 3.23. The van der Waals surface area contributed by atoms with E-state index in [9.17, 15) is 18.0 Å². The van der Waals surface area contributed by atoms with Crippen LogP contribution in [0.25, 0.3) is 0 Å². The van der Waals surface area contributed by atoms with Gasteiger partial charge in [0.05, 0.1) is 11.8 Å². The third kappa shape index (κ3) is 3.53. The van der Waals surface area contributed by atoms with Crippen molar-refractivity contribution in [3.63, 3.8) is 0 Å². The molecule has 2 N–H and O–H groups in total. The standard InChI is InChI=1S/C12H10F3N3OS/c1-7-6-16-18-10(7)17-11(19)8-4-2-3-5-9(8)20-12(13,14)15/h2-6H,1H3,(H2,16,17,18,19). The number of nitrogens with zero attached hydrogens (tertiary/aromatic N) is 1. The number of aromatic amines is 1. The van der Waals surface area contributed by atoms with E-state index in [1.807, 2.05) is 0 Å². The molecule has 0 spiro atoms. The highest BCUT2D eigenvalue weighted by molar-refractivity contribution is 8.00. The molecule has 20 heavy (non-hydrogen) atoms. The van der Waals surface area contributed by atoms with E-state index < -0.39 is 11.4 Å². The molecular formula is C12H10F3N3OS. The summed E-state index contributed by atoms with van der Waals surface area (Å²) in [5, 5.41) is 8.78. The molecule has 1 aromatic carbocycles. The highest BCUT2D eigenvalue weighted by Gasteiger charge is 2.31. The number of benzene rings is 1. The highest BCUT2D eigenvalue weighted by atomic mass is 32.2. The Morgan fingerprint density at radius 3 is 2.65 bits per heavy atom. The quantitative estimate of drug-likeness (QED) is 0.852. The van der Waals surface area contributed by atoms with Crippen LogP contribution in [0.2, 0.25) is 0 Å². The Morgan fingerprint density at radius 1 is 1.35 bits per heavy atom. The van der Waals surface area contributed by atoms with Crippen molar-refractivity contribution < 1.29 is 18.0 Å². The number of rotatable bonds is 3. The first-order chi connectivity index (χ1) is 9.37. The number of nitrogens with one attached hydrogen (secondary N) is 2. The summed E-state index contributed by atoms with van der Waals surface area (Å²) in [4.78, 5) is 11.9. The Morgan fingerprint density at radius 2 is 2.05 bits per heavy atom. The van der Waals surface area contributed by atoms with Gasteiger partial charge in [-0.1, -0.05) is 12.1 Å². The number of amides is 1. The van der Waals surface area contributed by atoms with Gasteiger partial charge in [-0.2, -0.15) is 18.3 Å². The molecule has 0 saturated heterocycles. The van der Waals surface area contributed by atoms with Crippen molar-refractivity contribution >= 4 is 23.5 Å². The Hall–Kier alpha value is -1.96. The summed E-state index contributed by atoms with van der Waals surface area (Å²) in [7, 11) is 0. The van der Waals surface area contributed by atoms with Gasteiger partial charge in [0.2, 0.25) is 0 Å². The van der Waals surface area contributed by atoms with E-state index in [0.717, 1.165) is 0 Å². The first-order valence-electron chi connectivity index (χ1n) is 5.53. The van der Waals surface area contributed by atoms with Gasteiger partial charge in [-0.3, -0.25) is 9.89 Å². The summed E-state index contributed by atoms with van der Waals surface area (Å²) < 4.78 is 37.3. The van der Waals surface area contributed by atoms with Crippen LogP contribution in [0.15, 0.2) is 35.4 Å². The van der Waals surface area contributed by atoms with Crippen molar-refractivity contribution in [1.82, 2.24) is 10.2 Å². The van der Waals surface area contributed by atoms with Crippen molar-refractivity contribution in [2.45, 2.75) is 17.3 Å². The van der Waals surface area contributed by atoms with Gasteiger partial charge >= 0.3 is 5.51 Å². The van der Waals surface area contributed by atoms with E-state index in [0.29, 0.717) is 11.4 Å². The maximum Gasteiger partial charge on any atom is 0.446 e. The molecule has 8 heteroatoms. The lowest BCUT2D eigenvalue weighted by Gasteiger charge is -2.10. The van der Waals surface area contributed by atoms with E-state index in [4.69, 9.17) is 0 Å². The van der Waals surface area contributed by atoms with Crippen LogP contribution in [0.4, 0.5) is 19.0 Å². The largest absolute Gasteiger partial charge is 0.446 e. The molecule has 4 nitrogen and oxygen atoms in total. The number of H-pyrrole nitrogens is 1. The van der Waals surface area contributed by atoms with E-state index >= 15 is 0 Å². The zero-order valence-corrected chi connectivity index (χ0v) is 11.1. The number of carbonyl (C=O) groups excluding carboxylic acids is 1. The smallest absolute Gasteiger partial charge is 0.307 e. The zero-order valence-electron chi connectivity index (χ0n) is 10.3. The number of alkyl halides is 3. The van der Waals surface area contributed by atoms with Crippen LogP contribution in [-0.4, -0.2) is 21.6 Å². The van der Waals surface area contributed by atoms with Crippen LogP contribution in [-0.2, 0) is 0 Å². The van der Waals surface area contributed by atoms with Crippen molar-refractivity contribution in [2.24, 2.45) is 0 Å². The van der Waals surface area contributed by atoms with Gasteiger partial charge in [-0.25, -0.2) is 0 Å². The van der Waals surface area contributed by atoms with Crippen LogP contribution < -0.4 is 5.32 Å². The molecule has 2 aromatic rings. The van der Waals surface area contributed by atoms with Crippen molar-refractivity contribution in [1.29, 1.82) is 0 Å². The van der Waals surface area contributed by atoms with Crippen LogP contribution >= 0.6 is 11.8 Å². The molecule has 2 rings (SSSR count). The number of hydrogen-bond acceptors (Lipinski definition) is 3. The summed E-state index contributed by atoms with van der Waals surface area (Å²) in [6, 6.07) is 5.56. The number of hydrogen-bond donors (Lipinski definition) is 2. The zero-order chi connectivity index (χ0) is 14.8. The lowest BCUT2D eigenvalue weighted by atomic mass is 10.2. The van der Waals surface area contributed by atoms with Crippen LogP contribution in [0.3, 0.4) is 0 Å². The Labute approximate surface area is 116 Å². The minimum Gasteiger partial charge on any atom is -0.307 e. The molecule has 0 fully saturated rings. The van der Waals surface area contributed by atoms with Gasteiger partial charge in [0, 0.05) is 10.5 Å². The predicted molar refractivity (Wildman–Crippen MR) is 69.6 cm³/mol. The minimum absolute atomic E-state index is 0.0381. The topological polar surface area (TPSA) is 57.8 Å². The number of carbonyl (C=O) groups is 1. The average Bonchev–Trinajstić information content (AvgIpc) is 2.73. The Balaban J connectivity index is 2.24. The van der Waals surface area contributed by atoms with E-state index in [2.05, 4.69) is 15.5 Å². The molecule has 1 aromatic heterocycles. The third-order valence-electron chi connectivity index (χ3n) is 2.42. The summed E-state index contributed by atoms with van der Waals surface area (Å²) in [5.74, 6) is -0.258. The molecule has 106 valence electrons. The molecule has 0 aliphatic carbocycles.